The smallest absolute Gasteiger partial charge is 0.410 e. The van der Waals surface area contributed by atoms with E-state index in [-0.39, 0.29) is 50.5 Å². The van der Waals surface area contributed by atoms with E-state index >= 15 is 8.42 Å². The minimum atomic E-state index is -4.76. The number of sulfonamides is 2. The van der Waals surface area contributed by atoms with Crippen LogP contribution >= 0.6 is 22.6 Å². The Kier molecular flexibility index (Phi) is 13.5. The van der Waals surface area contributed by atoms with Crippen molar-refractivity contribution >= 4 is 48.7 Å². The second-order valence-corrected chi connectivity index (χ2v) is 19.5. The van der Waals surface area contributed by atoms with Gasteiger partial charge in [0, 0.05) is 35.8 Å². The van der Waals surface area contributed by atoms with Gasteiger partial charge in [0.25, 0.3) is 0 Å². The number of hydrogen-bond acceptors (Lipinski definition) is 12. The van der Waals surface area contributed by atoms with Crippen molar-refractivity contribution in [3.63, 3.8) is 0 Å². The Labute approximate surface area is 358 Å². The number of rotatable bonds is 15. The van der Waals surface area contributed by atoms with Crippen LogP contribution in [0.3, 0.4) is 0 Å². The van der Waals surface area contributed by atoms with E-state index in [9.17, 15) is 13.2 Å². The SMILES string of the molecule is COc1ccc(CN(Cc2ccc(OC)cc2)S(=O)(=O)c2c(S(=O)(=O)N[C@@H]3CCN(C(=O)OC(C)(C)C)C3)ccc(I)c2-c2nnnn2Cc2ccc(OC)cc2)cc1. The number of benzene rings is 4. The summed E-state index contributed by atoms with van der Waals surface area (Å²) < 4.78 is 87.8. The van der Waals surface area contributed by atoms with E-state index in [1.807, 2.05) is 34.7 Å². The van der Waals surface area contributed by atoms with Gasteiger partial charge in [0.1, 0.15) is 32.6 Å². The van der Waals surface area contributed by atoms with E-state index in [2.05, 4.69) is 20.2 Å². The van der Waals surface area contributed by atoms with Gasteiger partial charge >= 0.3 is 6.09 Å². The maximum absolute atomic E-state index is 15.6. The van der Waals surface area contributed by atoms with Crippen molar-refractivity contribution in [1.29, 1.82) is 0 Å². The first-order valence-electron chi connectivity index (χ1n) is 18.5. The first-order valence-corrected chi connectivity index (χ1v) is 22.5. The minimum absolute atomic E-state index is 0.00301. The van der Waals surface area contributed by atoms with Gasteiger partial charge in [0.2, 0.25) is 20.0 Å². The number of tetrazole rings is 1. The number of nitrogens with zero attached hydrogens (tertiary/aromatic N) is 6. The molecule has 1 N–H and O–H groups in total. The third kappa shape index (κ3) is 10.5. The molecule has 1 amide bonds. The molecular formula is C40H46IN7O9S2. The zero-order chi connectivity index (χ0) is 42.5. The number of amides is 1. The number of carbonyl (C=O) groups is 1. The topological polar surface area (TPSA) is 184 Å². The van der Waals surface area contributed by atoms with Crippen LogP contribution in [0.2, 0.25) is 0 Å². The number of likely N-dealkylation sites (tertiary alicyclic amines) is 1. The average molecular weight is 960 g/mol. The molecule has 1 saturated heterocycles. The summed E-state index contributed by atoms with van der Waals surface area (Å²) in [6.07, 6.45) is -0.297. The molecule has 19 heteroatoms. The highest BCUT2D eigenvalue weighted by molar-refractivity contribution is 14.1. The number of nitrogens with one attached hydrogen (secondary N) is 1. The quantitative estimate of drug-likeness (QED) is 0.127. The monoisotopic (exact) mass is 959 g/mol. The van der Waals surface area contributed by atoms with Crippen molar-refractivity contribution < 1.29 is 40.6 Å². The number of methoxy groups -OCH3 is 3. The van der Waals surface area contributed by atoms with Crippen LogP contribution < -0.4 is 18.9 Å². The summed E-state index contributed by atoms with van der Waals surface area (Å²) in [5, 5.41) is 12.4. The molecular weight excluding hydrogens is 914 g/mol. The van der Waals surface area contributed by atoms with Gasteiger partial charge in [-0.25, -0.2) is 31.0 Å². The summed E-state index contributed by atoms with van der Waals surface area (Å²) in [5.41, 5.74) is 1.27. The fourth-order valence-electron chi connectivity index (χ4n) is 6.47. The summed E-state index contributed by atoms with van der Waals surface area (Å²) in [7, 11) is -4.74. The highest BCUT2D eigenvalue weighted by Gasteiger charge is 2.39. The van der Waals surface area contributed by atoms with Crippen molar-refractivity contribution in [2.45, 2.75) is 68.3 Å². The maximum Gasteiger partial charge on any atom is 0.410 e. The van der Waals surface area contributed by atoms with Crippen LogP contribution in [-0.4, -0.2) is 98.4 Å². The van der Waals surface area contributed by atoms with Crippen LogP contribution in [0.15, 0.2) is 94.7 Å². The lowest BCUT2D eigenvalue weighted by atomic mass is 10.2. The molecule has 0 saturated carbocycles. The molecule has 0 radical (unpaired) electrons. The normalized spacial score (nSPS) is 14.7. The van der Waals surface area contributed by atoms with Gasteiger partial charge in [-0.1, -0.05) is 36.4 Å². The number of hydrogen-bond donors (Lipinski definition) is 1. The van der Waals surface area contributed by atoms with Crippen molar-refractivity contribution in [2.24, 2.45) is 0 Å². The Bertz CT molecular complexity index is 2430. The number of ether oxygens (including phenoxy) is 4. The molecule has 1 aromatic heterocycles. The van der Waals surface area contributed by atoms with E-state index in [0.717, 1.165) is 5.56 Å². The molecule has 59 heavy (non-hydrogen) atoms. The van der Waals surface area contributed by atoms with Gasteiger partial charge in [-0.2, -0.15) is 4.31 Å². The first kappa shape index (κ1) is 43.7. The van der Waals surface area contributed by atoms with E-state index in [0.29, 0.717) is 31.9 Å². The van der Waals surface area contributed by atoms with Crippen molar-refractivity contribution in [1.82, 2.24) is 34.1 Å². The molecule has 1 fully saturated rings. The summed E-state index contributed by atoms with van der Waals surface area (Å²) in [4.78, 5) is 13.3. The standard InChI is InChI=1S/C40H46IN7O9S2/c1-40(2,3)57-39(49)46-22-21-30(26-46)43-58(50,51)35-20-19-34(41)36(38-42-44-45-48(38)25-29-11-17-33(56-6)18-12-29)37(35)59(52,53)47(23-27-7-13-31(54-4)14-8-27)24-28-9-15-32(55-5)16-10-28/h7-20,30,43H,21-26H2,1-6H3/t30-/m1/s1. The van der Waals surface area contributed by atoms with Gasteiger partial charge in [-0.05, 0) is 125 Å². The van der Waals surface area contributed by atoms with Crippen molar-refractivity contribution in [2.75, 3.05) is 34.4 Å². The molecule has 1 atom stereocenters. The number of carbonyl (C=O) groups excluding carboxylic acids is 1. The van der Waals surface area contributed by atoms with Crippen LogP contribution in [0.25, 0.3) is 11.4 Å². The van der Waals surface area contributed by atoms with Crippen molar-refractivity contribution in [3.05, 3.63) is 105 Å². The zero-order valence-corrected chi connectivity index (χ0v) is 37.2. The third-order valence-corrected chi connectivity index (χ3v) is 13.9. The number of aromatic nitrogens is 4. The van der Waals surface area contributed by atoms with Crippen LogP contribution in [-0.2, 0) is 44.4 Å². The molecule has 4 aromatic carbocycles. The fraction of sp³-hybridized carbons (Fsp3) is 0.350. The Morgan fingerprint density at radius 1 is 0.814 bits per heavy atom. The predicted octanol–water partition coefficient (Wildman–Crippen LogP) is 5.70. The minimum Gasteiger partial charge on any atom is -0.497 e. The molecule has 5 aromatic rings. The molecule has 0 spiro atoms. The Morgan fingerprint density at radius 3 is 1.85 bits per heavy atom. The molecule has 0 aliphatic carbocycles. The lowest BCUT2D eigenvalue weighted by Gasteiger charge is -2.26. The van der Waals surface area contributed by atoms with Crippen LogP contribution in [0.1, 0.15) is 43.9 Å². The Balaban J connectivity index is 1.49. The van der Waals surface area contributed by atoms with Gasteiger partial charge in [0.05, 0.1) is 33.4 Å². The van der Waals surface area contributed by atoms with Gasteiger partial charge in [-0.3, -0.25) is 0 Å². The van der Waals surface area contributed by atoms with E-state index in [1.165, 1.54) is 40.2 Å². The van der Waals surface area contributed by atoms with E-state index in [1.54, 1.807) is 88.5 Å². The van der Waals surface area contributed by atoms with E-state index < -0.39 is 47.6 Å². The molecule has 16 nitrogen and oxygen atoms in total. The molecule has 2 heterocycles. The second kappa shape index (κ2) is 18.2. The lowest BCUT2D eigenvalue weighted by Crippen LogP contribution is -2.41. The molecule has 314 valence electrons. The first-order chi connectivity index (χ1) is 28.0. The Hall–Kier alpha value is -4.83. The van der Waals surface area contributed by atoms with Crippen LogP contribution in [0.5, 0.6) is 17.2 Å². The average Bonchev–Trinajstić information content (AvgIpc) is 3.87. The van der Waals surface area contributed by atoms with Gasteiger partial charge < -0.3 is 23.8 Å². The highest BCUT2D eigenvalue weighted by Crippen LogP contribution is 2.39. The van der Waals surface area contributed by atoms with Crippen molar-refractivity contribution in [3.8, 4) is 28.6 Å². The van der Waals surface area contributed by atoms with E-state index in [4.69, 9.17) is 18.9 Å². The third-order valence-electron chi connectivity index (χ3n) is 9.40. The molecule has 0 unspecified atom stereocenters. The summed E-state index contributed by atoms with van der Waals surface area (Å²) in [5.74, 6) is 1.84. The molecule has 6 rings (SSSR count). The highest BCUT2D eigenvalue weighted by atomic mass is 127. The van der Waals surface area contributed by atoms with Gasteiger partial charge in [-0.15, -0.1) is 5.10 Å². The summed E-state index contributed by atoms with van der Waals surface area (Å²) in [6, 6.07) is 23.1. The molecule has 1 aliphatic heterocycles. The Morgan fingerprint density at radius 2 is 1.34 bits per heavy atom. The lowest BCUT2D eigenvalue weighted by molar-refractivity contribution is 0.0292. The van der Waals surface area contributed by atoms with Crippen LogP contribution in [0.4, 0.5) is 4.79 Å². The maximum atomic E-state index is 15.6. The zero-order valence-electron chi connectivity index (χ0n) is 33.5. The summed E-state index contributed by atoms with van der Waals surface area (Å²) >= 11 is 1.98. The largest absolute Gasteiger partial charge is 0.497 e. The molecule has 0 bridgehead atoms. The fourth-order valence-corrected chi connectivity index (χ4v) is 11.0. The van der Waals surface area contributed by atoms with Crippen LogP contribution in [0, 0.1) is 3.57 Å². The predicted molar refractivity (Wildman–Crippen MR) is 227 cm³/mol. The number of halogens is 1. The summed E-state index contributed by atoms with van der Waals surface area (Å²) in [6.45, 7) is 5.35. The van der Waals surface area contributed by atoms with Gasteiger partial charge in [0.15, 0.2) is 5.82 Å². The molecule has 1 aliphatic rings. The second-order valence-electron chi connectivity index (χ2n) is 14.8.